The van der Waals surface area contributed by atoms with Crippen LogP contribution in [0.1, 0.15) is 81.1 Å². The lowest BCUT2D eigenvalue weighted by Gasteiger charge is -2.26. The van der Waals surface area contributed by atoms with Crippen molar-refractivity contribution in [2.24, 2.45) is 5.41 Å². The van der Waals surface area contributed by atoms with E-state index in [0.717, 1.165) is 12.8 Å². The van der Waals surface area contributed by atoms with Crippen molar-refractivity contribution in [1.29, 1.82) is 0 Å². The van der Waals surface area contributed by atoms with Gasteiger partial charge >= 0.3 is 0 Å². The first-order chi connectivity index (χ1) is 11.9. The van der Waals surface area contributed by atoms with Gasteiger partial charge in [0.25, 0.3) is 0 Å². The van der Waals surface area contributed by atoms with E-state index in [1.165, 1.54) is 49.1 Å². The third kappa shape index (κ3) is 6.99. The molecule has 0 saturated heterocycles. The van der Waals surface area contributed by atoms with Crippen molar-refractivity contribution < 1.29 is 0 Å². The van der Waals surface area contributed by atoms with Crippen LogP contribution in [0.5, 0.6) is 0 Å². The number of rotatable bonds is 10. The topological polar surface area (TPSA) is 0 Å². The van der Waals surface area contributed by atoms with Gasteiger partial charge in [-0.25, -0.2) is 0 Å². The fourth-order valence-corrected chi connectivity index (χ4v) is 8.59. The van der Waals surface area contributed by atoms with Gasteiger partial charge in [-0.2, -0.15) is 0 Å². The van der Waals surface area contributed by atoms with Crippen LogP contribution in [0.25, 0.3) is 0 Å². The first-order valence-corrected chi connectivity index (χ1v) is 16.2. The lowest BCUT2D eigenvalue weighted by atomic mass is 9.82. The predicted molar refractivity (Wildman–Crippen MR) is 122 cm³/mol. The van der Waals surface area contributed by atoms with Crippen molar-refractivity contribution >= 4 is 16.1 Å². The highest BCUT2D eigenvalue weighted by atomic mass is 28.3. The first-order valence-electron chi connectivity index (χ1n) is 11.0. The Labute approximate surface area is 162 Å². The van der Waals surface area contributed by atoms with E-state index in [9.17, 15) is 0 Å². The fourth-order valence-electron chi connectivity index (χ4n) is 3.52. The zero-order chi connectivity index (χ0) is 19.4. The minimum atomic E-state index is -1.40. The zero-order valence-corrected chi connectivity index (χ0v) is 20.6. The van der Waals surface area contributed by atoms with Gasteiger partial charge in [0, 0.05) is 0 Å². The molecule has 0 bridgehead atoms. The summed E-state index contributed by atoms with van der Waals surface area (Å²) in [4.78, 5) is 0. The Hall–Kier alpha value is -0.446. The highest BCUT2D eigenvalue weighted by Gasteiger charge is 2.29. The quantitative estimate of drug-likeness (QED) is 0.271. The number of hydrogen-bond acceptors (Lipinski definition) is 0. The van der Waals surface area contributed by atoms with Gasteiger partial charge in [-0.1, -0.05) is 80.1 Å². The molecular weight excluding hydrogens is 332 g/mol. The summed E-state index contributed by atoms with van der Waals surface area (Å²) in [5, 5.41) is 0. The van der Waals surface area contributed by atoms with Crippen LogP contribution in [0.2, 0.25) is 36.3 Å². The molecule has 0 aliphatic heterocycles. The molecular formula is C23H44Si2. The molecule has 0 aromatic heterocycles. The number of unbranched alkanes of at least 4 members (excludes halogenated alkanes) is 1. The van der Waals surface area contributed by atoms with Crippen LogP contribution < -0.4 is 0 Å². The average molecular weight is 377 g/mol. The van der Waals surface area contributed by atoms with Crippen LogP contribution in [-0.4, -0.2) is 16.1 Å². The van der Waals surface area contributed by atoms with Crippen molar-refractivity contribution in [1.82, 2.24) is 0 Å². The van der Waals surface area contributed by atoms with Crippen molar-refractivity contribution in [3.05, 3.63) is 0 Å². The minimum Gasteiger partial charge on any atom is -0.130 e. The molecule has 0 nitrogen and oxygen atoms in total. The maximum atomic E-state index is 3.88. The van der Waals surface area contributed by atoms with Gasteiger partial charge in [-0.05, 0) is 49.1 Å². The second kappa shape index (κ2) is 12.0. The Morgan fingerprint density at radius 3 is 1.20 bits per heavy atom. The third-order valence-corrected chi connectivity index (χ3v) is 16.2. The van der Waals surface area contributed by atoms with Crippen molar-refractivity contribution in [3.8, 4) is 22.9 Å². The molecule has 0 amide bonds. The average Bonchev–Trinajstić information content (AvgIpc) is 2.68. The first kappa shape index (κ1) is 24.6. The summed E-state index contributed by atoms with van der Waals surface area (Å²) in [6.07, 6.45) is 4.72. The van der Waals surface area contributed by atoms with Gasteiger partial charge in [0.05, 0.1) is 5.41 Å². The molecule has 0 aromatic carbocycles. The van der Waals surface area contributed by atoms with Crippen molar-refractivity contribution in [2.75, 3.05) is 0 Å². The summed E-state index contributed by atoms with van der Waals surface area (Å²) in [5.41, 5.74) is 7.70. The Morgan fingerprint density at radius 1 is 0.600 bits per heavy atom. The van der Waals surface area contributed by atoms with Crippen LogP contribution in [-0.2, 0) is 0 Å². The lowest BCUT2D eigenvalue weighted by Crippen LogP contribution is -2.32. The van der Waals surface area contributed by atoms with E-state index in [4.69, 9.17) is 0 Å². The molecule has 0 aliphatic rings. The lowest BCUT2D eigenvalue weighted by molar-refractivity contribution is 0.452. The molecule has 0 N–H and O–H groups in total. The maximum Gasteiger partial charge on any atom is 0.137 e. The SMILES string of the molecule is CCCCC(C#C[Si](CC)(CC)CC)(C#C[Si](CC)(CC)CC)CC. The molecule has 0 unspecified atom stereocenters. The largest absolute Gasteiger partial charge is 0.137 e. The number of hydrogen-bond donors (Lipinski definition) is 0. The van der Waals surface area contributed by atoms with Gasteiger partial charge in [0.1, 0.15) is 16.1 Å². The van der Waals surface area contributed by atoms with Gasteiger partial charge in [-0.15, -0.1) is 11.1 Å². The second-order valence-corrected chi connectivity index (χ2v) is 17.6. The molecule has 0 aromatic rings. The van der Waals surface area contributed by atoms with Crippen molar-refractivity contribution in [3.63, 3.8) is 0 Å². The Balaban J connectivity index is 6.01. The van der Waals surface area contributed by atoms with E-state index in [0.29, 0.717) is 0 Å². The molecule has 0 saturated carbocycles. The summed E-state index contributed by atoms with van der Waals surface area (Å²) >= 11 is 0. The van der Waals surface area contributed by atoms with Gasteiger partial charge in [-0.3, -0.25) is 0 Å². The highest BCUT2D eigenvalue weighted by molar-refractivity contribution is 6.87. The van der Waals surface area contributed by atoms with E-state index >= 15 is 0 Å². The molecule has 0 heterocycles. The Bertz CT molecular complexity index is 421. The molecule has 0 atom stereocenters. The summed E-state index contributed by atoms with van der Waals surface area (Å²) in [5.74, 6) is 7.63. The standard InChI is InChI=1S/C23H44Si2/c1-9-17-18-23(10-2,19-21-24(11-3,12-4)13-5)20-22-25(14-6,15-7)16-8/h9-18H2,1-8H3. The summed E-state index contributed by atoms with van der Waals surface area (Å²) in [6, 6.07) is 7.70. The van der Waals surface area contributed by atoms with E-state index in [1.807, 2.05) is 0 Å². The predicted octanol–water partition coefficient (Wildman–Crippen LogP) is 7.68. The Morgan fingerprint density at radius 2 is 0.960 bits per heavy atom. The maximum absolute atomic E-state index is 3.88. The minimum absolute atomic E-state index is 0.0501. The molecule has 0 aliphatic carbocycles. The van der Waals surface area contributed by atoms with Crippen molar-refractivity contribution in [2.45, 2.75) is 117 Å². The fraction of sp³-hybridized carbons (Fsp3) is 0.826. The van der Waals surface area contributed by atoms with Crippen LogP contribution in [0.3, 0.4) is 0 Å². The van der Waals surface area contributed by atoms with E-state index in [-0.39, 0.29) is 5.41 Å². The summed E-state index contributed by atoms with van der Waals surface area (Å²) in [7, 11) is -2.80. The second-order valence-electron chi connectivity index (χ2n) is 7.72. The molecule has 144 valence electrons. The van der Waals surface area contributed by atoms with Crippen LogP contribution >= 0.6 is 0 Å². The van der Waals surface area contributed by atoms with E-state index in [2.05, 4.69) is 78.3 Å². The normalized spacial score (nSPS) is 12.2. The summed E-state index contributed by atoms with van der Waals surface area (Å²) < 4.78 is 0. The summed E-state index contributed by atoms with van der Waals surface area (Å²) in [6.45, 7) is 18.7. The molecule has 25 heavy (non-hydrogen) atoms. The molecule has 0 rings (SSSR count). The van der Waals surface area contributed by atoms with E-state index < -0.39 is 16.1 Å². The zero-order valence-electron chi connectivity index (χ0n) is 18.6. The molecule has 0 fully saturated rings. The third-order valence-electron chi connectivity index (χ3n) is 6.76. The Kier molecular flexibility index (Phi) is 11.8. The van der Waals surface area contributed by atoms with Crippen LogP contribution in [0.4, 0.5) is 0 Å². The molecule has 2 heteroatoms. The van der Waals surface area contributed by atoms with Gasteiger partial charge < -0.3 is 0 Å². The van der Waals surface area contributed by atoms with Gasteiger partial charge in [0.15, 0.2) is 0 Å². The monoisotopic (exact) mass is 376 g/mol. The highest BCUT2D eigenvalue weighted by Crippen LogP contribution is 2.30. The molecule has 0 spiro atoms. The smallest absolute Gasteiger partial charge is 0.130 e. The molecule has 0 radical (unpaired) electrons. The van der Waals surface area contributed by atoms with Crippen LogP contribution in [0, 0.1) is 28.3 Å². The van der Waals surface area contributed by atoms with E-state index in [1.54, 1.807) is 0 Å². The van der Waals surface area contributed by atoms with Crippen LogP contribution in [0.15, 0.2) is 0 Å². The van der Waals surface area contributed by atoms with Gasteiger partial charge in [0.2, 0.25) is 0 Å².